The van der Waals surface area contributed by atoms with Gasteiger partial charge in [-0.3, -0.25) is 4.90 Å². The molecule has 18 heavy (non-hydrogen) atoms. The Morgan fingerprint density at radius 3 is 2.17 bits per heavy atom. The van der Waals surface area contributed by atoms with E-state index in [2.05, 4.69) is 26.1 Å². The third-order valence-electron chi connectivity index (χ3n) is 3.34. The van der Waals surface area contributed by atoms with Crippen molar-refractivity contribution in [3.05, 3.63) is 0 Å². The zero-order valence-electron chi connectivity index (χ0n) is 11.6. The van der Waals surface area contributed by atoms with Crippen LogP contribution in [0.5, 0.6) is 0 Å². The van der Waals surface area contributed by atoms with Crippen LogP contribution >= 0.6 is 0 Å². The fraction of sp³-hybridized carbons (Fsp3) is 1.00. The van der Waals surface area contributed by atoms with E-state index in [-0.39, 0.29) is 0 Å². The molecule has 0 bridgehead atoms. The highest BCUT2D eigenvalue weighted by Gasteiger charge is 2.32. The molecule has 1 aliphatic heterocycles. The van der Waals surface area contributed by atoms with E-state index < -0.39 is 12.7 Å². The van der Waals surface area contributed by atoms with Crippen LogP contribution in [0.3, 0.4) is 0 Å². The van der Waals surface area contributed by atoms with Crippen molar-refractivity contribution in [3.63, 3.8) is 0 Å². The van der Waals surface area contributed by atoms with Gasteiger partial charge in [-0.05, 0) is 45.2 Å². The molecule has 0 amide bonds. The number of rotatable bonds is 5. The summed E-state index contributed by atoms with van der Waals surface area (Å²) in [5, 5.41) is 3.53. The first kappa shape index (κ1) is 15.8. The van der Waals surface area contributed by atoms with Crippen LogP contribution in [-0.2, 0) is 0 Å². The van der Waals surface area contributed by atoms with Crippen LogP contribution in [-0.4, -0.2) is 42.8 Å². The standard InChI is InChI=1S/C13H25F3N2/c1-10(2)8-11(3)17-12-4-6-18(7-5-12)9-13(14,15)16/h10-12,17H,4-9H2,1-3H3. The molecular formula is C13H25F3N2. The topological polar surface area (TPSA) is 15.3 Å². The molecule has 0 radical (unpaired) electrons. The van der Waals surface area contributed by atoms with Crippen LogP contribution in [0.2, 0.25) is 0 Å². The number of hydrogen-bond donors (Lipinski definition) is 1. The SMILES string of the molecule is CC(C)CC(C)NC1CCN(CC(F)(F)F)CC1. The molecule has 5 heteroatoms. The normalized spacial score (nSPS) is 21.5. The highest BCUT2D eigenvalue weighted by molar-refractivity contribution is 4.80. The zero-order valence-corrected chi connectivity index (χ0v) is 11.6. The lowest BCUT2D eigenvalue weighted by Gasteiger charge is -2.34. The number of halogens is 3. The minimum Gasteiger partial charge on any atom is -0.311 e. The Hall–Kier alpha value is -0.290. The maximum Gasteiger partial charge on any atom is 0.401 e. The molecule has 0 spiro atoms. The van der Waals surface area contributed by atoms with E-state index in [1.54, 1.807) is 0 Å². The van der Waals surface area contributed by atoms with Gasteiger partial charge >= 0.3 is 6.18 Å². The third-order valence-corrected chi connectivity index (χ3v) is 3.34. The van der Waals surface area contributed by atoms with Crippen molar-refractivity contribution in [3.8, 4) is 0 Å². The Morgan fingerprint density at radius 2 is 1.72 bits per heavy atom. The monoisotopic (exact) mass is 266 g/mol. The average molecular weight is 266 g/mol. The summed E-state index contributed by atoms with van der Waals surface area (Å²) < 4.78 is 36.7. The lowest BCUT2D eigenvalue weighted by atomic mass is 10.0. The maximum absolute atomic E-state index is 12.2. The summed E-state index contributed by atoms with van der Waals surface area (Å²) in [6, 6.07) is 0.826. The van der Waals surface area contributed by atoms with Gasteiger partial charge in [-0.2, -0.15) is 13.2 Å². The number of likely N-dealkylation sites (tertiary alicyclic amines) is 1. The first-order valence-corrected chi connectivity index (χ1v) is 6.81. The molecule has 1 aliphatic rings. The van der Waals surface area contributed by atoms with Gasteiger partial charge in [-0.25, -0.2) is 0 Å². The summed E-state index contributed by atoms with van der Waals surface area (Å²) in [5.41, 5.74) is 0. The molecule has 0 aliphatic carbocycles. The number of nitrogens with one attached hydrogen (secondary N) is 1. The van der Waals surface area contributed by atoms with Gasteiger partial charge in [0.2, 0.25) is 0 Å². The minimum absolute atomic E-state index is 0.378. The van der Waals surface area contributed by atoms with Gasteiger partial charge < -0.3 is 5.32 Å². The largest absolute Gasteiger partial charge is 0.401 e. The van der Waals surface area contributed by atoms with Gasteiger partial charge in [0.15, 0.2) is 0 Å². The van der Waals surface area contributed by atoms with Crippen LogP contribution < -0.4 is 5.32 Å². The van der Waals surface area contributed by atoms with Gasteiger partial charge in [0.05, 0.1) is 6.54 Å². The van der Waals surface area contributed by atoms with Crippen LogP contribution in [0.1, 0.15) is 40.0 Å². The average Bonchev–Trinajstić information content (AvgIpc) is 2.17. The lowest BCUT2D eigenvalue weighted by molar-refractivity contribution is -0.148. The van der Waals surface area contributed by atoms with Gasteiger partial charge in [-0.1, -0.05) is 13.8 Å². The van der Waals surface area contributed by atoms with E-state index in [1.165, 1.54) is 4.90 Å². The van der Waals surface area contributed by atoms with Crippen molar-refractivity contribution in [2.45, 2.75) is 58.3 Å². The maximum atomic E-state index is 12.2. The molecule has 2 nitrogen and oxygen atoms in total. The smallest absolute Gasteiger partial charge is 0.311 e. The van der Waals surface area contributed by atoms with E-state index in [0.717, 1.165) is 19.3 Å². The Morgan fingerprint density at radius 1 is 1.17 bits per heavy atom. The highest BCUT2D eigenvalue weighted by atomic mass is 19.4. The van der Waals surface area contributed by atoms with Gasteiger partial charge in [0.25, 0.3) is 0 Å². The number of piperidine rings is 1. The van der Waals surface area contributed by atoms with Crippen molar-refractivity contribution < 1.29 is 13.2 Å². The molecule has 1 heterocycles. The van der Waals surface area contributed by atoms with E-state index in [4.69, 9.17) is 0 Å². The van der Waals surface area contributed by atoms with Crippen molar-refractivity contribution in [1.29, 1.82) is 0 Å². The number of alkyl halides is 3. The second kappa shape index (κ2) is 6.75. The van der Waals surface area contributed by atoms with Gasteiger partial charge in [0, 0.05) is 12.1 Å². The summed E-state index contributed by atoms with van der Waals surface area (Å²) in [5.74, 6) is 0.651. The molecule has 1 saturated heterocycles. The second-order valence-corrected chi connectivity index (χ2v) is 5.86. The summed E-state index contributed by atoms with van der Waals surface area (Å²) in [4.78, 5) is 1.51. The molecule has 0 saturated carbocycles. The van der Waals surface area contributed by atoms with Crippen molar-refractivity contribution in [2.24, 2.45) is 5.92 Å². The van der Waals surface area contributed by atoms with Gasteiger partial charge in [-0.15, -0.1) is 0 Å². The van der Waals surface area contributed by atoms with Crippen LogP contribution in [0.25, 0.3) is 0 Å². The molecule has 1 fully saturated rings. The molecule has 108 valence electrons. The van der Waals surface area contributed by atoms with E-state index in [0.29, 0.717) is 31.1 Å². The van der Waals surface area contributed by atoms with E-state index in [9.17, 15) is 13.2 Å². The Kier molecular flexibility index (Phi) is 5.92. The number of hydrogen-bond acceptors (Lipinski definition) is 2. The van der Waals surface area contributed by atoms with Crippen molar-refractivity contribution >= 4 is 0 Å². The van der Waals surface area contributed by atoms with Gasteiger partial charge in [0.1, 0.15) is 0 Å². The summed E-state index contributed by atoms with van der Waals surface area (Å²) in [7, 11) is 0. The third kappa shape index (κ3) is 6.59. The fourth-order valence-electron chi connectivity index (χ4n) is 2.69. The molecular weight excluding hydrogens is 241 g/mol. The number of nitrogens with zero attached hydrogens (tertiary/aromatic N) is 1. The Bertz CT molecular complexity index is 233. The van der Waals surface area contributed by atoms with E-state index in [1.807, 2.05) is 0 Å². The first-order valence-electron chi connectivity index (χ1n) is 6.81. The predicted molar refractivity (Wildman–Crippen MR) is 67.6 cm³/mol. The minimum atomic E-state index is -4.06. The molecule has 1 rings (SSSR count). The van der Waals surface area contributed by atoms with Crippen LogP contribution in [0.4, 0.5) is 13.2 Å². The summed E-state index contributed by atoms with van der Waals surface area (Å²) in [6.45, 7) is 6.86. The quantitative estimate of drug-likeness (QED) is 0.823. The van der Waals surface area contributed by atoms with Crippen molar-refractivity contribution in [2.75, 3.05) is 19.6 Å². The second-order valence-electron chi connectivity index (χ2n) is 5.86. The molecule has 0 aromatic heterocycles. The Balaban J connectivity index is 2.23. The molecule has 0 aromatic rings. The van der Waals surface area contributed by atoms with Crippen LogP contribution in [0.15, 0.2) is 0 Å². The predicted octanol–water partition coefficient (Wildman–Crippen LogP) is 3.04. The molecule has 1 unspecified atom stereocenters. The lowest BCUT2D eigenvalue weighted by Crippen LogP contribution is -2.47. The zero-order chi connectivity index (χ0) is 13.8. The summed E-state index contributed by atoms with van der Waals surface area (Å²) in [6.07, 6.45) is -1.31. The molecule has 1 N–H and O–H groups in total. The highest BCUT2D eigenvalue weighted by Crippen LogP contribution is 2.20. The first-order chi connectivity index (χ1) is 8.26. The summed E-state index contributed by atoms with van der Waals surface area (Å²) >= 11 is 0. The van der Waals surface area contributed by atoms with E-state index >= 15 is 0 Å². The van der Waals surface area contributed by atoms with Crippen molar-refractivity contribution in [1.82, 2.24) is 10.2 Å². The fourth-order valence-corrected chi connectivity index (χ4v) is 2.69. The molecule has 0 aromatic carbocycles. The van der Waals surface area contributed by atoms with Crippen LogP contribution in [0, 0.1) is 5.92 Å². The molecule has 1 atom stereocenters. The Labute approximate surface area is 108 Å².